The second-order valence-electron chi connectivity index (χ2n) is 29.5. The average molecular weight is 1620 g/mol. The number of Topliss-reactive ketones (excluding diaryl/α,β-unsaturated/α-hetero) is 2. The van der Waals surface area contributed by atoms with E-state index in [2.05, 4.69) is 53.0 Å². The zero-order valence-electron chi connectivity index (χ0n) is 72.9. The van der Waals surface area contributed by atoms with E-state index >= 15 is 0 Å². The van der Waals surface area contributed by atoms with Gasteiger partial charge < -0.3 is 54.6 Å². The second kappa shape index (κ2) is 47.0. The first kappa shape index (κ1) is 92.8. The highest BCUT2D eigenvalue weighted by Crippen LogP contribution is 2.26. The van der Waals surface area contributed by atoms with Gasteiger partial charge in [-0.25, -0.2) is 0 Å². The molecule has 1 aliphatic heterocycles. The number of hydrogen-bond acceptors (Lipinski definition) is 18. The molecule has 0 aliphatic carbocycles. The van der Waals surface area contributed by atoms with Gasteiger partial charge >= 0.3 is 0 Å². The van der Waals surface area contributed by atoms with Crippen molar-refractivity contribution in [2.75, 3.05) is 187 Å². The zero-order valence-corrected chi connectivity index (χ0v) is 72.9. The molecule has 626 valence electrons. The molecule has 0 aromatic heterocycles. The van der Waals surface area contributed by atoms with Crippen molar-refractivity contribution in [2.24, 2.45) is 0 Å². The summed E-state index contributed by atoms with van der Waals surface area (Å²) in [7, 11) is 23.3. The predicted molar refractivity (Wildman–Crippen MR) is 504 cm³/mol. The average Bonchev–Trinajstić information content (AvgIpc) is 0.834. The van der Waals surface area contributed by atoms with Gasteiger partial charge in [0.15, 0.2) is 28.9 Å². The number of ether oxygens (including phenoxy) is 1. The van der Waals surface area contributed by atoms with Gasteiger partial charge in [0.1, 0.15) is 0 Å². The van der Waals surface area contributed by atoms with E-state index in [4.69, 9.17) is 4.74 Å². The van der Waals surface area contributed by atoms with E-state index in [1.54, 1.807) is 24.3 Å². The minimum atomic E-state index is -0.483. The minimum Gasteiger partial charge on any atom is -0.388 e. The molecule has 1 saturated heterocycles. The van der Waals surface area contributed by atoms with Crippen LogP contribution in [0.5, 0.6) is 0 Å². The molecule has 0 spiro atoms. The van der Waals surface area contributed by atoms with Gasteiger partial charge in [-0.05, 0) is 270 Å². The smallest absolute Gasteiger partial charge is 0.233 e. The Bertz CT molecular complexity index is 4990. The Balaban J connectivity index is 0.000000181. The first-order valence-corrected chi connectivity index (χ1v) is 40.8. The molecule has 0 unspecified atom stereocenters. The molecule has 1 aliphatic rings. The summed E-state index contributed by atoms with van der Waals surface area (Å²) in [6.45, 7) is 15.8. The third kappa shape index (κ3) is 27.2. The summed E-state index contributed by atoms with van der Waals surface area (Å²) in [4.78, 5) is 103. The lowest BCUT2D eigenvalue weighted by Crippen LogP contribution is -2.36. The fourth-order valence-corrected chi connectivity index (χ4v) is 12.9. The van der Waals surface area contributed by atoms with Gasteiger partial charge in [-0.1, -0.05) is 60.7 Å². The molecule has 12 aromatic rings. The Morgan fingerprint density at radius 2 is 0.446 bits per heavy atom. The fourth-order valence-electron chi connectivity index (χ4n) is 12.9. The number of carbonyl (C=O) groups is 7. The number of rotatable bonds is 27. The van der Waals surface area contributed by atoms with Crippen LogP contribution >= 0.6 is 0 Å². The highest BCUT2D eigenvalue weighted by Gasteiger charge is 2.20. The third-order valence-corrected chi connectivity index (χ3v) is 20.4. The normalized spacial score (nSPS) is 11.0. The number of nitrogens with one attached hydrogen (secondary N) is 2. The van der Waals surface area contributed by atoms with Crippen LogP contribution in [0.3, 0.4) is 0 Å². The number of nitrogens with zero attached hydrogens (tertiary/aromatic N) is 8. The molecule has 13 rings (SSSR count). The van der Waals surface area contributed by atoms with Crippen LogP contribution < -0.4 is 49.8 Å². The SMILES string of the molecule is CCN(CC)c1ccc(C(=O)c2ccc(N(CC)CC)cc2)cc1.CN(C)c1ccc(C(=O)C(=O)c2ccc(N(C)C)cc2)cc1.CN(C)c1ccc(C(=O)c2ccc(N(C)C)cc2)cc1.CN(C)c1ccc(C(=O)c2ccccc2)cc1.CNc1ccc(C(=O)c2ccc(NC)cc2)cc1.O=C(c1ccccc1)c1ccc(N2CCOCC2)cc1. The zero-order chi connectivity index (χ0) is 87.5. The van der Waals surface area contributed by atoms with E-state index in [1.807, 2.05) is 388 Å². The van der Waals surface area contributed by atoms with Gasteiger partial charge in [0.2, 0.25) is 11.6 Å². The van der Waals surface area contributed by atoms with E-state index in [9.17, 15) is 33.6 Å². The molecule has 0 saturated carbocycles. The van der Waals surface area contributed by atoms with Gasteiger partial charge in [-0.2, -0.15) is 0 Å². The quantitative estimate of drug-likeness (QED) is 0.0366. The summed E-state index contributed by atoms with van der Waals surface area (Å²) in [6.07, 6.45) is 0. The van der Waals surface area contributed by atoms with Crippen LogP contribution in [0.25, 0.3) is 0 Å². The lowest BCUT2D eigenvalue weighted by atomic mass is 10.0. The Labute approximate surface area is 716 Å². The molecule has 0 amide bonds. The van der Waals surface area contributed by atoms with Gasteiger partial charge in [0.05, 0.1) is 13.2 Å². The summed E-state index contributed by atoms with van der Waals surface area (Å²) in [5, 5.41) is 6.06. The molecule has 0 bridgehead atoms. The molecule has 18 heteroatoms. The largest absolute Gasteiger partial charge is 0.388 e. The maximum Gasteiger partial charge on any atom is 0.233 e. The maximum atomic E-state index is 12.7. The third-order valence-electron chi connectivity index (χ3n) is 20.4. The monoisotopic (exact) mass is 1620 g/mol. The van der Waals surface area contributed by atoms with Gasteiger partial charge in [-0.15, -0.1) is 0 Å². The summed E-state index contributed by atoms with van der Waals surface area (Å²) >= 11 is 0. The van der Waals surface area contributed by atoms with Crippen LogP contribution in [0.2, 0.25) is 0 Å². The topological polar surface area (TPSA) is 179 Å². The van der Waals surface area contributed by atoms with Crippen molar-refractivity contribution in [1.82, 2.24) is 0 Å². The molecule has 0 atom stereocenters. The highest BCUT2D eigenvalue weighted by atomic mass is 16.5. The molecule has 1 heterocycles. The summed E-state index contributed by atoms with van der Waals surface area (Å²) in [5.74, 6) is -0.658. The van der Waals surface area contributed by atoms with Crippen LogP contribution in [-0.4, -0.2) is 178 Å². The van der Waals surface area contributed by atoms with E-state index in [-0.39, 0.29) is 28.9 Å². The van der Waals surface area contributed by atoms with Crippen molar-refractivity contribution in [2.45, 2.75) is 27.7 Å². The van der Waals surface area contributed by atoms with Gasteiger partial charge in [-0.3, -0.25) is 33.6 Å². The molecule has 1 fully saturated rings. The number of ketones is 7. The van der Waals surface area contributed by atoms with Crippen molar-refractivity contribution >= 4 is 97.4 Å². The number of carbonyl (C=O) groups excluding carboxylic acids is 7. The van der Waals surface area contributed by atoms with Crippen molar-refractivity contribution in [3.63, 3.8) is 0 Å². The first-order chi connectivity index (χ1) is 58.3. The van der Waals surface area contributed by atoms with E-state index < -0.39 is 11.6 Å². The van der Waals surface area contributed by atoms with Crippen LogP contribution in [0.4, 0.5) is 56.9 Å². The van der Waals surface area contributed by atoms with Crippen LogP contribution in [-0.2, 0) is 4.74 Å². The van der Waals surface area contributed by atoms with Crippen molar-refractivity contribution in [3.8, 4) is 0 Å². The Morgan fingerprint density at radius 3 is 0.653 bits per heavy atom. The van der Waals surface area contributed by atoms with E-state index in [1.165, 1.54) is 0 Å². The highest BCUT2D eigenvalue weighted by molar-refractivity contribution is 6.49. The van der Waals surface area contributed by atoms with Crippen LogP contribution in [0.1, 0.15) is 128 Å². The molecule has 121 heavy (non-hydrogen) atoms. The molecular weight excluding hydrogens is 1510 g/mol. The standard InChI is InChI=1S/C21H28N2O.C18H20N2O2.C17H20N2O.C17H17NO2.C15H16N2O.C15H15NO/c1-5-22(6-2)19-13-9-17(10-14-19)21(24)18-11-15-20(16-12-18)23(7-3)8-4;1-19(2)15-9-5-13(6-10-15)17(21)18(22)14-7-11-16(12-8-14)20(3)4;1-18(2)15-9-5-13(6-10-15)17(20)14-7-11-16(12-8-14)19(3)4;19-17(14-4-2-1-3-5-14)15-6-8-16(9-7-15)18-10-12-20-13-11-18;1-16-13-7-3-11(4-8-13)15(18)12-5-9-14(17-2)10-6-12;1-16(2)14-10-8-13(9-11-14)15(17)12-6-4-3-5-7-12/h9-16H,5-8H2,1-4H3;5-12H,1-4H3;5-12H,1-4H3;1-9H,10-13H2;3-10,16-17H,1-2H3;3-11H,1-2H3. The summed E-state index contributed by atoms with van der Waals surface area (Å²) in [6, 6.07) is 94.3. The minimum absolute atomic E-state index is 0.0420. The van der Waals surface area contributed by atoms with Gasteiger partial charge in [0, 0.05) is 247 Å². The Morgan fingerprint density at radius 1 is 0.256 bits per heavy atom. The van der Waals surface area contributed by atoms with E-state index in [0.29, 0.717) is 33.4 Å². The number of hydrogen-bond donors (Lipinski definition) is 2. The van der Waals surface area contributed by atoms with Crippen molar-refractivity contribution in [3.05, 3.63) is 370 Å². The second-order valence-corrected chi connectivity index (χ2v) is 29.5. The van der Waals surface area contributed by atoms with Gasteiger partial charge in [0.25, 0.3) is 0 Å². The Hall–Kier alpha value is -13.7. The summed E-state index contributed by atoms with van der Waals surface area (Å²) < 4.78 is 5.35. The number of morpholine rings is 1. The summed E-state index contributed by atoms with van der Waals surface area (Å²) in [5.41, 5.74) is 18.7. The van der Waals surface area contributed by atoms with Crippen LogP contribution in [0, 0.1) is 0 Å². The van der Waals surface area contributed by atoms with Crippen molar-refractivity contribution in [1.29, 1.82) is 0 Å². The number of anilines is 10. The Kier molecular flexibility index (Phi) is 36.1. The lowest BCUT2D eigenvalue weighted by Gasteiger charge is -2.28. The maximum absolute atomic E-state index is 12.7. The molecule has 12 aromatic carbocycles. The molecule has 2 N–H and O–H groups in total. The first-order valence-electron chi connectivity index (χ1n) is 40.8. The molecule has 0 radical (unpaired) electrons. The molecule has 18 nitrogen and oxygen atoms in total. The predicted octanol–water partition coefficient (Wildman–Crippen LogP) is 19.3. The number of benzene rings is 12. The molecular formula is C103H116N10O8. The van der Waals surface area contributed by atoms with Crippen LogP contribution in [0.15, 0.2) is 303 Å². The fraction of sp³-hybridized carbons (Fsp3) is 0.233. The van der Waals surface area contributed by atoms with E-state index in [0.717, 1.165) is 143 Å². The lowest BCUT2D eigenvalue weighted by molar-refractivity contribution is 0.0817. The van der Waals surface area contributed by atoms with Crippen molar-refractivity contribution < 1.29 is 38.3 Å².